The average molecular weight is 624 g/mol. The van der Waals surface area contributed by atoms with Crippen molar-refractivity contribution in [2.75, 3.05) is 13.7 Å². The maximum absolute atomic E-state index is 14.7. The largest absolute Gasteiger partial charge is 0.496 e. The van der Waals surface area contributed by atoms with Gasteiger partial charge in [-0.15, -0.1) is 0 Å². The Kier molecular flexibility index (Phi) is 9.74. The molecule has 0 amide bonds. The van der Waals surface area contributed by atoms with Crippen LogP contribution in [-0.2, 0) is 20.7 Å². The smallest absolute Gasteiger partial charge is 0.341 e. The van der Waals surface area contributed by atoms with Crippen LogP contribution in [0.3, 0.4) is 0 Å². The number of hydrogen-bond donors (Lipinski definition) is 5. The number of carbonyl (C=O) groups is 2. The second-order valence-electron chi connectivity index (χ2n) is 10.5. The van der Waals surface area contributed by atoms with Crippen molar-refractivity contribution in [2.45, 2.75) is 57.0 Å². The maximum Gasteiger partial charge on any atom is 0.341 e. The van der Waals surface area contributed by atoms with Crippen molar-refractivity contribution in [2.24, 2.45) is 5.92 Å². The van der Waals surface area contributed by atoms with Gasteiger partial charge >= 0.3 is 11.9 Å². The number of methoxy groups -OCH3 is 1. The Hall–Kier alpha value is -3.59. The van der Waals surface area contributed by atoms with Gasteiger partial charge in [0.1, 0.15) is 35.4 Å². The SMILES string of the molecule is COc1cc2c(cc1Cc1cccc(Cl)c1F)c(=O)c(C(=O)O)cn2[C@H](CO[C@@H]1O[C@H](C(=O)O)[C@@H](O)[C@H](O)[C@H]1O)C(C)C. The minimum Gasteiger partial charge on any atom is -0.496 e. The van der Waals surface area contributed by atoms with E-state index in [2.05, 4.69) is 0 Å². The van der Waals surface area contributed by atoms with E-state index in [9.17, 15) is 44.3 Å². The summed E-state index contributed by atoms with van der Waals surface area (Å²) in [5.74, 6) is -3.74. The number of aliphatic hydroxyl groups excluding tert-OH is 3. The molecule has 5 N–H and O–H groups in total. The molecule has 0 radical (unpaired) electrons. The summed E-state index contributed by atoms with van der Waals surface area (Å²) >= 11 is 5.93. The van der Waals surface area contributed by atoms with Gasteiger partial charge < -0.3 is 44.3 Å². The Labute approximate surface area is 249 Å². The van der Waals surface area contributed by atoms with Crippen LogP contribution < -0.4 is 10.2 Å². The molecule has 232 valence electrons. The van der Waals surface area contributed by atoms with Crippen LogP contribution in [0, 0.1) is 11.7 Å². The molecule has 2 aromatic carbocycles. The third-order valence-corrected chi connectivity index (χ3v) is 7.74. The van der Waals surface area contributed by atoms with Crippen LogP contribution in [0.25, 0.3) is 10.9 Å². The number of aliphatic carboxylic acids is 1. The number of pyridine rings is 1. The molecular formula is C29H31ClFNO11. The van der Waals surface area contributed by atoms with Gasteiger partial charge in [0, 0.05) is 24.1 Å². The molecule has 1 saturated heterocycles. The number of aromatic carboxylic acids is 1. The molecule has 3 aromatic rings. The molecule has 0 unspecified atom stereocenters. The van der Waals surface area contributed by atoms with Crippen molar-refractivity contribution in [3.63, 3.8) is 0 Å². The molecule has 0 spiro atoms. The first-order valence-electron chi connectivity index (χ1n) is 13.2. The topological polar surface area (TPSA) is 185 Å². The van der Waals surface area contributed by atoms with Crippen LogP contribution in [0.5, 0.6) is 5.75 Å². The predicted molar refractivity (Wildman–Crippen MR) is 150 cm³/mol. The maximum atomic E-state index is 14.7. The number of carboxylic acid groups (broad SMARTS) is 2. The number of carboxylic acids is 2. The second-order valence-corrected chi connectivity index (χ2v) is 10.9. The Bertz CT molecular complexity index is 1590. The fraction of sp³-hybridized carbons (Fsp3) is 0.414. The quantitative estimate of drug-likeness (QED) is 0.223. The number of nitrogens with zero attached hydrogens (tertiary/aromatic N) is 1. The molecule has 1 aliphatic heterocycles. The van der Waals surface area contributed by atoms with Crippen molar-refractivity contribution >= 4 is 34.4 Å². The molecule has 0 bridgehead atoms. The Balaban J connectivity index is 1.80. The minimum atomic E-state index is -1.91. The second kappa shape index (κ2) is 13.0. The lowest BCUT2D eigenvalue weighted by molar-refractivity contribution is -0.296. The van der Waals surface area contributed by atoms with E-state index < -0.39 is 65.5 Å². The van der Waals surface area contributed by atoms with Gasteiger partial charge in [0.15, 0.2) is 12.4 Å². The molecule has 1 fully saturated rings. The summed E-state index contributed by atoms with van der Waals surface area (Å²) in [5.41, 5.74) is -0.461. The lowest BCUT2D eigenvalue weighted by atomic mass is 9.98. The number of aliphatic hydroxyl groups is 3. The third-order valence-electron chi connectivity index (χ3n) is 7.45. The minimum absolute atomic E-state index is 0.00206. The van der Waals surface area contributed by atoms with Crippen molar-refractivity contribution in [1.29, 1.82) is 0 Å². The molecule has 12 nitrogen and oxygen atoms in total. The highest BCUT2D eigenvalue weighted by Gasteiger charge is 2.47. The molecule has 1 aromatic heterocycles. The summed E-state index contributed by atoms with van der Waals surface area (Å²) in [7, 11) is 1.39. The lowest BCUT2D eigenvalue weighted by Crippen LogP contribution is -2.60. The molecule has 0 saturated carbocycles. The lowest BCUT2D eigenvalue weighted by Gasteiger charge is -2.39. The van der Waals surface area contributed by atoms with Gasteiger partial charge in [0.05, 0.1) is 30.3 Å². The zero-order chi connectivity index (χ0) is 31.7. The summed E-state index contributed by atoms with van der Waals surface area (Å²) in [6.45, 7) is 3.26. The standard InChI is InChI=1S/C29H31ClFNO11/c1-12(2)19(11-42-29-25(36)23(34)24(35)26(43-29)28(39)40)32-10-16(27(37)38)22(33)15-8-14(20(41-3)9-18(15)32)7-13-5-4-6-17(30)21(13)31/h4-6,8-10,12,19,23-26,29,34-36H,7,11H2,1-3H3,(H,37,38)(H,39,40)/t19-,23+,24+,25-,26+,29-/m1/s1. The highest BCUT2D eigenvalue weighted by molar-refractivity contribution is 6.30. The Morgan fingerprint density at radius 2 is 1.79 bits per heavy atom. The molecular weight excluding hydrogens is 593 g/mol. The highest BCUT2D eigenvalue weighted by Crippen LogP contribution is 2.32. The van der Waals surface area contributed by atoms with Gasteiger partial charge in [-0.2, -0.15) is 0 Å². The zero-order valence-corrected chi connectivity index (χ0v) is 24.1. The molecule has 0 aliphatic carbocycles. The molecule has 14 heteroatoms. The van der Waals surface area contributed by atoms with E-state index >= 15 is 0 Å². The third kappa shape index (κ3) is 6.37. The summed E-state index contributed by atoms with van der Waals surface area (Å²) in [5, 5.41) is 49.6. The predicted octanol–water partition coefficient (Wildman–Crippen LogP) is 2.20. The number of fused-ring (bicyclic) bond motifs is 1. The average Bonchev–Trinajstić information content (AvgIpc) is 2.95. The van der Waals surface area contributed by atoms with Gasteiger partial charge in [-0.25, -0.2) is 14.0 Å². The normalized spacial score (nSPS) is 23.0. The van der Waals surface area contributed by atoms with Crippen molar-refractivity contribution in [3.8, 4) is 5.75 Å². The number of hydrogen-bond acceptors (Lipinski definition) is 9. The van der Waals surface area contributed by atoms with Gasteiger partial charge in [-0.1, -0.05) is 37.6 Å². The summed E-state index contributed by atoms with van der Waals surface area (Å²) in [6.07, 6.45) is -7.98. The van der Waals surface area contributed by atoms with E-state index in [1.807, 2.05) is 0 Å². The van der Waals surface area contributed by atoms with Gasteiger partial charge in [0.25, 0.3) is 0 Å². The van der Waals surface area contributed by atoms with E-state index in [4.69, 9.17) is 25.8 Å². The van der Waals surface area contributed by atoms with E-state index in [-0.39, 0.29) is 46.2 Å². The summed E-state index contributed by atoms with van der Waals surface area (Å²) in [4.78, 5) is 36.9. The Morgan fingerprint density at radius 3 is 2.40 bits per heavy atom. The highest BCUT2D eigenvalue weighted by atomic mass is 35.5. The monoisotopic (exact) mass is 623 g/mol. The van der Waals surface area contributed by atoms with Crippen LogP contribution in [0.2, 0.25) is 5.02 Å². The fourth-order valence-corrected chi connectivity index (χ4v) is 5.24. The number of rotatable bonds is 10. The van der Waals surface area contributed by atoms with E-state index in [1.54, 1.807) is 19.9 Å². The van der Waals surface area contributed by atoms with Crippen LogP contribution in [0.4, 0.5) is 4.39 Å². The van der Waals surface area contributed by atoms with Gasteiger partial charge in [-0.05, 0) is 29.2 Å². The van der Waals surface area contributed by atoms with E-state index in [0.717, 1.165) is 6.20 Å². The first-order chi connectivity index (χ1) is 20.3. The molecule has 2 heterocycles. The summed E-state index contributed by atoms with van der Waals surface area (Å²) in [6, 6.07) is 6.71. The fourth-order valence-electron chi connectivity index (χ4n) is 5.04. The number of benzene rings is 2. The number of aromatic nitrogens is 1. The first-order valence-corrected chi connectivity index (χ1v) is 13.6. The van der Waals surface area contributed by atoms with Crippen LogP contribution in [0.1, 0.15) is 41.4 Å². The van der Waals surface area contributed by atoms with Crippen LogP contribution in [-0.4, -0.2) is 86.5 Å². The molecule has 4 rings (SSSR count). The van der Waals surface area contributed by atoms with E-state index in [1.165, 1.54) is 35.9 Å². The number of halogens is 2. The molecule has 43 heavy (non-hydrogen) atoms. The Morgan fingerprint density at radius 1 is 1.09 bits per heavy atom. The first kappa shape index (κ1) is 32.3. The van der Waals surface area contributed by atoms with Crippen LogP contribution >= 0.6 is 11.6 Å². The van der Waals surface area contributed by atoms with E-state index in [0.29, 0.717) is 5.56 Å². The molecule has 6 atom stereocenters. The number of ether oxygens (including phenoxy) is 3. The van der Waals surface area contributed by atoms with Crippen molar-refractivity contribution < 1.29 is 53.7 Å². The van der Waals surface area contributed by atoms with Crippen LogP contribution in [0.15, 0.2) is 41.3 Å². The zero-order valence-electron chi connectivity index (χ0n) is 23.3. The summed E-state index contributed by atoms with van der Waals surface area (Å²) < 4.78 is 32.7. The molecule has 1 aliphatic rings. The van der Waals surface area contributed by atoms with Gasteiger partial charge in [0.2, 0.25) is 5.43 Å². The van der Waals surface area contributed by atoms with Crippen molar-refractivity contribution in [1.82, 2.24) is 4.57 Å². The van der Waals surface area contributed by atoms with Crippen molar-refractivity contribution in [3.05, 3.63) is 74.3 Å². The van der Waals surface area contributed by atoms with Gasteiger partial charge in [-0.3, -0.25) is 4.79 Å².